The summed E-state index contributed by atoms with van der Waals surface area (Å²) in [7, 11) is 1.47. The van der Waals surface area contributed by atoms with Crippen LogP contribution in [0.25, 0.3) is 0 Å². The van der Waals surface area contributed by atoms with E-state index in [2.05, 4.69) is 6.92 Å². The fraction of sp³-hybridized carbons (Fsp3) is 0.364. The van der Waals surface area contributed by atoms with Crippen LogP contribution in [-0.2, 0) is 5.75 Å². The van der Waals surface area contributed by atoms with Gasteiger partial charge >= 0.3 is 5.97 Å². The Kier molecular flexibility index (Phi) is 4.49. The molecule has 3 nitrogen and oxygen atoms in total. The molecule has 1 aromatic rings. The first-order valence-corrected chi connectivity index (χ1v) is 5.82. The molecule has 0 aliphatic rings. The second-order valence-corrected chi connectivity index (χ2v) is 4.25. The number of benzene rings is 1. The fourth-order valence-electron chi connectivity index (χ4n) is 1.23. The zero-order valence-electron chi connectivity index (χ0n) is 8.82. The number of thioether (sulfide) groups is 1. The van der Waals surface area contributed by atoms with Gasteiger partial charge in [0.15, 0.2) is 0 Å². The van der Waals surface area contributed by atoms with Crippen LogP contribution >= 0.6 is 11.8 Å². The van der Waals surface area contributed by atoms with Crippen molar-refractivity contribution in [2.24, 2.45) is 0 Å². The van der Waals surface area contributed by atoms with Gasteiger partial charge in [0.05, 0.1) is 7.11 Å². The summed E-state index contributed by atoms with van der Waals surface area (Å²) >= 11 is 1.76. The van der Waals surface area contributed by atoms with E-state index >= 15 is 0 Å². The molecule has 0 atom stereocenters. The van der Waals surface area contributed by atoms with Gasteiger partial charge in [-0.2, -0.15) is 11.8 Å². The van der Waals surface area contributed by atoms with Gasteiger partial charge in [-0.05, 0) is 23.4 Å². The Morgan fingerprint density at radius 2 is 2.27 bits per heavy atom. The molecule has 0 aromatic heterocycles. The van der Waals surface area contributed by atoms with Crippen LogP contribution in [0.15, 0.2) is 18.2 Å². The van der Waals surface area contributed by atoms with E-state index in [1.807, 2.05) is 6.07 Å². The molecular formula is C11H14O3S. The van der Waals surface area contributed by atoms with Gasteiger partial charge in [-0.3, -0.25) is 0 Å². The zero-order chi connectivity index (χ0) is 11.3. The number of hydrogen-bond acceptors (Lipinski definition) is 3. The minimum atomic E-state index is -0.949. The highest BCUT2D eigenvalue weighted by molar-refractivity contribution is 7.98. The van der Waals surface area contributed by atoms with Gasteiger partial charge in [0, 0.05) is 5.75 Å². The summed E-state index contributed by atoms with van der Waals surface area (Å²) in [5.74, 6) is 1.32. The van der Waals surface area contributed by atoms with Crippen molar-refractivity contribution in [1.82, 2.24) is 0 Å². The molecule has 0 aliphatic carbocycles. The van der Waals surface area contributed by atoms with E-state index in [4.69, 9.17) is 9.84 Å². The molecule has 82 valence electrons. The van der Waals surface area contributed by atoms with E-state index in [-0.39, 0.29) is 5.56 Å². The predicted octanol–water partition coefficient (Wildman–Crippen LogP) is 2.65. The quantitative estimate of drug-likeness (QED) is 0.838. The van der Waals surface area contributed by atoms with Crippen LogP contribution in [0.2, 0.25) is 0 Å². The van der Waals surface area contributed by atoms with Crippen LogP contribution in [0.3, 0.4) is 0 Å². The number of carboxylic acids is 1. The Morgan fingerprint density at radius 3 is 2.80 bits per heavy atom. The maximum atomic E-state index is 10.9. The minimum Gasteiger partial charge on any atom is -0.496 e. The molecule has 0 radical (unpaired) electrons. The van der Waals surface area contributed by atoms with Gasteiger partial charge in [0.1, 0.15) is 11.3 Å². The number of ether oxygens (including phenoxy) is 1. The van der Waals surface area contributed by atoms with E-state index in [1.54, 1.807) is 23.9 Å². The van der Waals surface area contributed by atoms with E-state index in [0.29, 0.717) is 5.75 Å². The molecule has 0 spiro atoms. The second kappa shape index (κ2) is 5.66. The molecule has 0 aliphatic heterocycles. The number of methoxy groups -OCH3 is 1. The Morgan fingerprint density at radius 1 is 1.53 bits per heavy atom. The highest BCUT2D eigenvalue weighted by atomic mass is 32.2. The van der Waals surface area contributed by atoms with E-state index in [1.165, 1.54) is 7.11 Å². The third-order valence-corrected chi connectivity index (χ3v) is 2.91. The maximum absolute atomic E-state index is 10.9. The molecule has 1 N–H and O–H groups in total. The lowest BCUT2D eigenvalue weighted by Crippen LogP contribution is -2.01. The molecular weight excluding hydrogens is 212 g/mol. The molecule has 0 heterocycles. The van der Waals surface area contributed by atoms with Crippen molar-refractivity contribution in [3.8, 4) is 5.75 Å². The van der Waals surface area contributed by atoms with E-state index in [0.717, 1.165) is 17.1 Å². The molecule has 15 heavy (non-hydrogen) atoms. The van der Waals surface area contributed by atoms with Crippen LogP contribution in [0.4, 0.5) is 0 Å². The Balaban J connectivity index is 2.94. The number of aromatic carboxylic acids is 1. The van der Waals surface area contributed by atoms with E-state index in [9.17, 15) is 4.79 Å². The third-order valence-electron chi connectivity index (χ3n) is 1.97. The Bertz CT molecular complexity index is 350. The molecule has 4 heteroatoms. The first-order valence-electron chi connectivity index (χ1n) is 4.67. The lowest BCUT2D eigenvalue weighted by atomic mass is 10.1. The van der Waals surface area contributed by atoms with Crippen LogP contribution < -0.4 is 4.74 Å². The Hall–Kier alpha value is -1.16. The molecule has 0 unspecified atom stereocenters. The van der Waals surface area contributed by atoms with Crippen molar-refractivity contribution in [3.05, 3.63) is 29.3 Å². The average Bonchev–Trinajstić information content (AvgIpc) is 2.25. The minimum absolute atomic E-state index is 0.228. The van der Waals surface area contributed by atoms with Crippen molar-refractivity contribution >= 4 is 17.7 Å². The maximum Gasteiger partial charge on any atom is 0.339 e. The number of carbonyl (C=O) groups is 1. The van der Waals surface area contributed by atoms with Gasteiger partial charge in [-0.25, -0.2) is 4.79 Å². The molecule has 0 fully saturated rings. The van der Waals surface area contributed by atoms with Gasteiger partial charge < -0.3 is 9.84 Å². The van der Waals surface area contributed by atoms with Crippen molar-refractivity contribution in [2.75, 3.05) is 12.9 Å². The van der Waals surface area contributed by atoms with Crippen molar-refractivity contribution < 1.29 is 14.6 Å². The van der Waals surface area contributed by atoms with Crippen LogP contribution in [0.1, 0.15) is 22.8 Å². The van der Waals surface area contributed by atoms with Gasteiger partial charge in [0.25, 0.3) is 0 Å². The lowest BCUT2D eigenvalue weighted by Gasteiger charge is -2.07. The van der Waals surface area contributed by atoms with Gasteiger partial charge in [-0.1, -0.05) is 13.0 Å². The normalized spacial score (nSPS) is 10.0. The van der Waals surface area contributed by atoms with Crippen molar-refractivity contribution in [3.63, 3.8) is 0 Å². The zero-order valence-corrected chi connectivity index (χ0v) is 9.63. The largest absolute Gasteiger partial charge is 0.496 e. The van der Waals surface area contributed by atoms with Crippen LogP contribution in [0.5, 0.6) is 5.75 Å². The van der Waals surface area contributed by atoms with Gasteiger partial charge in [0.2, 0.25) is 0 Å². The lowest BCUT2D eigenvalue weighted by molar-refractivity contribution is 0.0693. The Labute approximate surface area is 93.4 Å². The summed E-state index contributed by atoms with van der Waals surface area (Å²) in [6, 6.07) is 5.27. The first kappa shape index (κ1) is 11.9. The first-order chi connectivity index (χ1) is 7.19. The van der Waals surface area contributed by atoms with Crippen molar-refractivity contribution in [2.45, 2.75) is 12.7 Å². The second-order valence-electron chi connectivity index (χ2n) is 2.98. The fourth-order valence-corrected chi connectivity index (χ4v) is 1.85. The van der Waals surface area contributed by atoms with Crippen molar-refractivity contribution in [1.29, 1.82) is 0 Å². The summed E-state index contributed by atoms with van der Waals surface area (Å²) in [4.78, 5) is 10.9. The summed E-state index contributed by atoms with van der Waals surface area (Å²) in [6.45, 7) is 2.08. The highest BCUT2D eigenvalue weighted by Crippen LogP contribution is 2.22. The monoisotopic (exact) mass is 226 g/mol. The van der Waals surface area contributed by atoms with Crippen LogP contribution in [-0.4, -0.2) is 23.9 Å². The summed E-state index contributed by atoms with van der Waals surface area (Å²) < 4.78 is 4.98. The third kappa shape index (κ3) is 3.16. The standard InChI is InChI=1S/C11H14O3S/c1-3-15-7-8-4-5-10(14-2)9(6-8)11(12)13/h4-6H,3,7H2,1-2H3,(H,12,13). The smallest absolute Gasteiger partial charge is 0.339 e. The molecule has 0 bridgehead atoms. The molecule has 1 aromatic carbocycles. The topological polar surface area (TPSA) is 46.5 Å². The molecule has 0 amide bonds. The number of hydrogen-bond donors (Lipinski definition) is 1. The number of rotatable bonds is 5. The SMILES string of the molecule is CCSCc1ccc(OC)c(C(=O)O)c1. The van der Waals surface area contributed by atoms with E-state index < -0.39 is 5.97 Å². The molecule has 0 saturated heterocycles. The summed E-state index contributed by atoms with van der Waals surface area (Å²) in [5, 5.41) is 8.96. The molecule has 1 rings (SSSR count). The molecule has 0 saturated carbocycles. The van der Waals surface area contributed by atoms with Crippen LogP contribution in [0, 0.1) is 0 Å². The average molecular weight is 226 g/mol. The highest BCUT2D eigenvalue weighted by Gasteiger charge is 2.11. The predicted molar refractivity (Wildman–Crippen MR) is 61.8 cm³/mol. The summed E-state index contributed by atoms with van der Waals surface area (Å²) in [6.07, 6.45) is 0. The number of carboxylic acid groups (broad SMARTS) is 1. The van der Waals surface area contributed by atoms with Gasteiger partial charge in [-0.15, -0.1) is 0 Å². The summed E-state index contributed by atoms with van der Waals surface area (Å²) in [5.41, 5.74) is 1.24.